The number of anilines is 1. The van der Waals surface area contributed by atoms with Crippen molar-refractivity contribution in [3.8, 4) is 10.4 Å². The molecule has 0 radical (unpaired) electrons. The quantitative estimate of drug-likeness (QED) is 0.696. The van der Waals surface area contributed by atoms with Crippen LogP contribution in [0.25, 0.3) is 10.4 Å². The highest BCUT2D eigenvalue weighted by atomic mass is 32.1. The molecule has 24 heavy (non-hydrogen) atoms. The first-order valence-corrected chi connectivity index (χ1v) is 9.46. The zero-order chi connectivity index (χ0) is 16.7. The summed E-state index contributed by atoms with van der Waals surface area (Å²) in [6, 6.07) is 6.75. The van der Waals surface area contributed by atoms with Crippen molar-refractivity contribution in [2.45, 2.75) is 26.2 Å². The number of rotatable bonds is 2. The summed E-state index contributed by atoms with van der Waals surface area (Å²) in [6.07, 6.45) is 3.04. The topological polar surface area (TPSA) is 42.0 Å². The molecule has 0 saturated carbocycles. The lowest BCUT2D eigenvalue weighted by Crippen LogP contribution is -2.15. The maximum Gasteiger partial charge on any atom is 0.260 e. The second kappa shape index (κ2) is 6.11. The van der Waals surface area contributed by atoms with Gasteiger partial charge >= 0.3 is 0 Å². The minimum Gasteiger partial charge on any atom is -0.298 e. The first kappa shape index (κ1) is 15.5. The zero-order valence-electron chi connectivity index (χ0n) is 13.1. The van der Waals surface area contributed by atoms with E-state index in [2.05, 4.69) is 21.7 Å². The number of nitrogens with one attached hydrogen (secondary N) is 1. The number of aryl methyl sites for hydroxylation is 3. The van der Waals surface area contributed by atoms with Gasteiger partial charge < -0.3 is 0 Å². The van der Waals surface area contributed by atoms with Crippen LogP contribution in [0, 0.1) is 12.7 Å². The van der Waals surface area contributed by atoms with E-state index >= 15 is 0 Å². The highest BCUT2D eigenvalue weighted by Gasteiger charge is 2.22. The van der Waals surface area contributed by atoms with Crippen molar-refractivity contribution in [2.75, 3.05) is 5.32 Å². The Morgan fingerprint density at radius 3 is 3.00 bits per heavy atom. The smallest absolute Gasteiger partial charge is 0.260 e. The van der Waals surface area contributed by atoms with Gasteiger partial charge in [-0.05, 0) is 49.3 Å². The Labute approximate surface area is 147 Å². The molecular weight excluding hydrogens is 343 g/mol. The highest BCUT2D eigenvalue weighted by Crippen LogP contribution is 2.40. The first-order chi connectivity index (χ1) is 11.6. The van der Waals surface area contributed by atoms with Crippen LogP contribution in [0.15, 0.2) is 29.6 Å². The monoisotopic (exact) mass is 358 g/mol. The molecule has 3 nitrogen and oxygen atoms in total. The van der Waals surface area contributed by atoms with Gasteiger partial charge in [-0.25, -0.2) is 9.37 Å². The van der Waals surface area contributed by atoms with E-state index in [1.807, 2.05) is 0 Å². The van der Waals surface area contributed by atoms with Crippen molar-refractivity contribution in [2.24, 2.45) is 0 Å². The summed E-state index contributed by atoms with van der Waals surface area (Å²) in [5.74, 6) is -0.953. The summed E-state index contributed by atoms with van der Waals surface area (Å²) in [7, 11) is 0. The van der Waals surface area contributed by atoms with E-state index in [1.165, 1.54) is 27.8 Å². The molecule has 1 N–H and O–H groups in total. The average molecular weight is 358 g/mol. The molecule has 2 heterocycles. The summed E-state index contributed by atoms with van der Waals surface area (Å²) >= 11 is 3.24. The third kappa shape index (κ3) is 2.65. The molecule has 122 valence electrons. The van der Waals surface area contributed by atoms with Gasteiger partial charge in [0.25, 0.3) is 5.91 Å². The molecule has 0 atom stereocenters. The summed E-state index contributed by atoms with van der Waals surface area (Å²) in [5.41, 5.74) is 2.95. The van der Waals surface area contributed by atoms with Crippen molar-refractivity contribution in [1.82, 2.24) is 4.98 Å². The Bertz CT molecular complexity index is 909. The van der Waals surface area contributed by atoms with E-state index in [1.54, 1.807) is 30.4 Å². The summed E-state index contributed by atoms with van der Waals surface area (Å²) in [4.78, 5) is 19.5. The number of thiophene rings is 1. The van der Waals surface area contributed by atoms with Crippen LogP contribution >= 0.6 is 22.7 Å². The lowest BCUT2D eigenvalue weighted by molar-refractivity contribution is 0.102. The Balaban J connectivity index is 1.66. The molecule has 0 unspecified atom stereocenters. The van der Waals surface area contributed by atoms with Crippen molar-refractivity contribution in [3.63, 3.8) is 0 Å². The molecule has 4 rings (SSSR count). The van der Waals surface area contributed by atoms with E-state index < -0.39 is 11.7 Å². The maximum atomic E-state index is 14.0. The fourth-order valence-electron chi connectivity index (χ4n) is 3.02. The van der Waals surface area contributed by atoms with Crippen LogP contribution in [0.5, 0.6) is 0 Å². The normalized spacial score (nSPS) is 13.1. The summed E-state index contributed by atoms with van der Waals surface area (Å²) in [5, 5.41) is 5.40. The van der Waals surface area contributed by atoms with Gasteiger partial charge in [0.05, 0.1) is 16.1 Å². The van der Waals surface area contributed by atoms with Crippen molar-refractivity contribution < 1.29 is 9.18 Å². The second-order valence-electron chi connectivity index (χ2n) is 5.79. The number of carbonyl (C=O) groups excluding carboxylic acids is 1. The lowest BCUT2D eigenvalue weighted by Gasteiger charge is -2.06. The van der Waals surface area contributed by atoms with Crippen LogP contribution in [0.2, 0.25) is 0 Å². The summed E-state index contributed by atoms with van der Waals surface area (Å²) < 4.78 is 14.0. The molecule has 1 aromatic carbocycles. The predicted octanol–water partition coefficient (Wildman–Crippen LogP) is 5.06. The lowest BCUT2D eigenvalue weighted by atomic mass is 10.1. The van der Waals surface area contributed by atoms with E-state index in [0.29, 0.717) is 10.7 Å². The Morgan fingerprint density at radius 2 is 2.17 bits per heavy atom. The van der Waals surface area contributed by atoms with Gasteiger partial charge in [0, 0.05) is 10.4 Å². The van der Waals surface area contributed by atoms with E-state index in [9.17, 15) is 9.18 Å². The average Bonchev–Trinajstić information content (AvgIpc) is 3.11. The van der Waals surface area contributed by atoms with Crippen molar-refractivity contribution >= 4 is 33.7 Å². The van der Waals surface area contributed by atoms with Gasteiger partial charge in [-0.3, -0.25) is 10.1 Å². The number of hydrogen-bond donors (Lipinski definition) is 1. The molecule has 1 aliphatic carbocycles. The van der Waals surface area contributed by atoms with E-state index in [0.717, 1.165) is 29.8 Å². The Hall–Kier alpha value is -2.05. The van der Waals surface area contributed by atoms with Gasteiger partial charge in [0.1, 0.15) is 5.82 Å². The molecule has 0 spiro atoms. The van der Waals surface area contributed by atoms with Gasteiger partial charge in [0.15, 0.2) is 5.13 Å². The number of carbonyl (C=O) groups is 1. The van der Waals surface area contributed by atoms with Gasteiger partial charge in [-0.1, -0.05) is 23.5 Å². The number of thiazole rings is 1. The highest BCUT2D eigenvalue weighted by molar-refractivity contribution is 7.19. The number of aromatic nitrogens is 1. The number of fused-ring (bicyclic) bond motifs is 3. The summed E-state index contributed by atoms with van der Waals surface area (Å²) in [6.45, 7) is 1.73. The number of hydrogen-bond acceptors (Lipinski definition) is 4. The fraction of sp³-hybridized carbons (Fsp3) is 0.222. The van der Waals surface area contributed by atoms with Gasteiger partial charge in [-0.15, -0.1) is 11.3 Å². The van der Waals surface area contributed by atoms with Crippen LogP contribution in [0.4, 0.5) is 9.52 Å². The minimum absolute atomic E-state index is 0.0825. The predicted molar refractivity (Wildman–Crippen MR) is 96.5 cm³/mol. The van der Waals surface area contributed by atoms with Gasteiger partial charge in [0.2, 0.25) is 0 Å². The first-order valence-electron chi connectivity index (χ1n) is 7.76. The number of halogens is 1. The Kier molecular flexibility index (Phi) is 3.94. The minimum atomic E-state index is -0.509. The third-order valence-corrected chi connectivity index (χ3v) is 6.20. The van der Waals surface area contributed by atoms with Crippen LogP contribution < -0.4 is 5.32 Å². The SMILES string of the molecule is Cc1cccc(F)c1C(=O)Nc1nc2c(s1)-c1ccsc1CCC2. The Morgan fingerprint density at radius 1 is 1.29 bits per heavy atom. The molecule has 0 fully saturated rings. The van der Waals surface area contributed by atoms with Crippen LogP contribution in [-0.2, 0) is 12.8 Å². The van der Waals surface area contributed by atoms with Crippen molar-refractivity contribution in [1.29, 1.82) is 0 Å². The molecule has 3 aromatic rings. The van der Waals surface area contributed by atoms with Crippen LogP contribution in [0.1, 0.15) is 32.9 Å². The third-order valence-electron chi connectivity index (χ3n) is 4.17. The van der Waals surface area contributed by atoms with Gasteiger partial charge in [-0.2, -0.15) is 0 Å². The molecule has 0 aliphatic heterocycles. The number of nitrogens with zero attached hydrogens (tertiary/aromatic N) is 1. The fourth-order valence-corrected chi connectivity index (χ4v) is 5.07. The number of benzene rings is 1. The number of amides is 1. The molecule has 1 aliphatic rings. The molecule has 0 bridgehead atoms. The molecule has 1 amide bonds. The van der Waals surface area contributed by atoms with E-state index in [-0.39, 0.29) is 5.56 Å². The second-order valence-corrected chi connectivity index (χ2v) is 7.79. The van der Waals surface area contributed by atoms with Crippen molar-refractivity contribution in [3.05, 3.63) is 57.2 Å². The van der Waals surface area contributed by atoms with Crippen LogP contribution in [-0.4, -0.2) is 10.9 Å². The van der Waals surface area contributed by atoms with Crippen LogP contribution in [0.3, 0.4) is 0 Å². The maximum absolute atomic E-state index is 14.0. The largest absolute Gasteiger partial charge is 0.298 e. The zero-order valence-corrected chi connectivity index (χ0v) is 14.7. The standard InChI is InChI=1S/C18H15FN2OS2/c1-10-4-2-5-12(19)15(10)17(22)21-18-20-13-6-3-7-14-11(8-9-23-14)16(13)24-18/h2,4-5,8-9H,3,6-7H2,1H3,(H,20,21,22). The molecule has 2 aromatic heterocycles. The molecule has 6 heteroatoms. The van der Waals surface area contributed by atoms with E-state index in [4.69, 9.17) is 0 Å². The molecular formula is C18H15FN2OS2. The molecule has 0 saturated heterocycles.